The first kappa shape index (κ1) is 18.4. The van der Waals surface area contributed by atoms with Crippen LogP contribution in [0.3, 0.4) is 0 Å². The highest BCUT2D eigenvalue weighted by molar-refractivity contribution is 6.30. The van der Waals surface area contributed by atoms with E-state index in [9.17, 15) is 9.59 Å². The SMILES string of the molecule is CCCCNC1=[N+](Cc2ccc(Cl)cc2)C2C(=O)N(C)C(=O)N(C)C2=N1. The third kappa shape index (κ3) is 3.31. The Kier molecular flexibility index (Phi) is 5.27. The van der Waals surface area contributed by atoms with Gasteiger partial charge < -0.3 is 0 Å². The molecule has 2 heterocycles. The lowest BCUT2D eigenvalue weighted by Crippen LogP contribution is -2.61. The van der Waals surface area contributed by atoms with Crippen LogP contribution in [0.15, 0.2) is 29.3 Å². The second kappa shape index (κ2) is 7.45. The maximum absolute atomic E-state index is 12.8. The number of nitrogens with zero attached hydrogens (tertiary/aromatic N) is 4. The van der Waals surface area contributed by atoms with E-state index < -0.39 is 6.04 Å². The summed E-state index contributed by atoms with van der Waals surface area (Å²) in [5, 5.41) is 3.97. The predicted molar refractivity (Wildman–Crippen MR) is 100 cm³/mol. The number of amides is 3. The van der Waals surface area contributed by atoms with Gasteiger partial charge in [-0.3, -0.25) is 19.9 Å². The Labute approximate surface area is 157 Å². The van der Waals surface area contributed by atoms with Crippen molar-refractivity contribution in [3.8, 4) is 0 Å². The lowest BCUT2D eigenvalue weighted by atomic mass is 10.1. The molecule has 1 fully saturated rings. The molecule has 0 radical (unpaired) electrons. The summed E-state index contributed by atoms with van der Waals surface area (Å²) in [7, 11) is 3.15. The van der Waals surface area contributed by atoms with E-state index in [1.807, 2.05) is 28.8 Å². The number of halogens is 1. The molecule has 3 rings (SSSR count). The number of benzene rings is 1. The molecule has 0 bridgehead atoms. The third-order valence-corrected chi connectivity index (χ3v) is 4.86. The molecule has 26 heavy (non-hydrogen) atoms. The van der Waals surface area contributed by atoms with Crippen molar-refractivity contribution in [1.82, 2.24) is 15.1 Å². The van der Waals surface area contributed by atoms with Gasteiger partial charge in [0.1, 0.15) is 0 Å². The van der Waals surface area contributed by atoms with Crippen LogP contribution in [0.5, 0.6) is 0 Å². The van der Waals surface area contributed by atoms with E-state index >= 15 is 0 Å². The van der Waals surface area contributed by atoms with E-state index in [0.29, 0.717) is 23.4 Å². The molecule has 0 aliphatic carbocycles. The fourth-order valence-electron chi connectivity index (χ4n) is 3.07. The number of hydrogen-bond donors (Lipinski definition) is 1. The first-order valence-corrected chi connectivity index (χ1v) is 9.07. The highest BCUT2D eigenvalue weighted by atomic mass is 35.5. The molecule has 1 saturated heterocycles. The van der Waals surface area contributed by atoms with Gasteiger partial charge in [0.25, 0.3) is 5.91 Å². The molecule has 2 aliphatic heterocycles. The summed E-state index contributed by atoms with van der Waals surface area (Å²) in [6.07, 6.45) is 2.05. The number of guanidine groups is 1. The monoisotopic (exact) mass is 376 g/mol. The third-order valence-electron chi connectivity index (χ3n) is 4.61. The van der Waals surface area contributed by atoms with Crippen LogP contribution in [0.4, 0.5) is 4.79 Å². The summed E-state index contributed by atoms with van der Waals surface area (Å²) in [4.78, 5) is 32.2. The molecular weight excluding hydrogens is 354 g/mol. The summed E-state index contributed by atoms with van der Waals surface area (Å²) in [5.74, 6) is 0.816. The first-order chi connectivity index (χ1) is 12.4. The zero-order chi connectivity index (χ0) is 18.8. The number of likely N-dealkylation sites (N-methyl/N-ethyl adjacent to an activating group) is 2. The average molecular weight is 377 g/mol. The van der Waals surface area contributed by atoms with Gasteiger partial charge in [0.05, 0.1) is 13.1 Å². The number of aliphatic imine (C=N–C) groups is 1. The van der Waals surface area contributed by atoms with Gasteiger partial charge in [-0.05, 0) is 24.1 Å². The summed E-state index contributed by atoms with van der Waals surface area (Å²) < 4.78 is 1.91. The summed E-state index contributed by atoms with van der Waals surface area (Å²) in [6, 6.07) is 6.52. The molecule has 0 saturated carbocycles. The molecule has 1 N–H and O–H groups in total. The van der Waals surface area contributed by atoms with Gasteiger partial charge in [-0.15, -0.1) is 0 Å². The number of carbonyl (C=O) groups excluding carboxylic acids is 2. The van der Waals surface area contributed by atoms with E-state index in [1.54, 1.807) is 7.05 Å². The van der Waals surface area contributed by atoms with Crippen LogP contribution in [0.1, 0.15) is 25.3 Å². The predicted octanol–water partition coefficient (Wildman–Crippen LogP) is 1.90. The van der Waals surface area contributed by atoms with E-state index in [4.69, 9.17) is 11.6 Å². The molecule has 1 aromatic carbocycles. The standard InChI is InChI=1S/C18H22ClN5O2/c1-4-5-10-20-17-21-15-14(16(25)23(3)18(26)22(15)2)24(17)11-12-6-8-13(19)9-7-12/h6-9,14H,4-5,10-11H2,1-3H3/p+1. The second-order valence-electron chi connectivity index (χ2n) is 6.47. The largest absolute Gasteiger partial charge is 0.390 e. The van der Waals surface area contributed by atoms with Crippen molar-refractivity contribution in [1.29, 1.82) is 0 Å². The van der Waals surface area contributed by atoms with Gasteiger partial charge in [-0.2, -0.15) is 0 Å². The minimum absolute atomic E-state index is 0.270. The lowest BCUT2D eigenvalue weighted by Gasteiger charge is -2.31. The first-order valence-electron chi connectivity index (χ1n) is 8.69. The van der Waals surface area contributed by atoms with Crippen LogP contribution >= 0.6 is 11.6 Å². The van der Waals surface area contributed by atoms with Crippen LogP contribution in [0.25, 0.3) is 0 Å². The van der Waals surface area contributed by atoms with Crippen LogP contribution in [-0.2, 0) is 11.3 Å². The zero-order valence-electron chi connectivity index (χ0n) is 15.2. The number of fused-ring (bicyclic) bond motifs is 1. The van der Waals surface area contributed by atoms with Crippen molar-refractivity contribution in [2.45, 2.75) is 32.4 Å². The number of carbonyl (C=O) groups is 2. The number of urea groups is 1. The van der Waals surface area contributed by atoms with Crippen molar-refractivity contribution in [3.05, 3.63) is 34.9 Å². The molecule has 0 spiro atoms. The summed E-state index contributed by atoms with van der Waals surface area (Å²) in [6.45, 7) is 3.36. The maximum atomic E-state index is 12.8. The van der Waals surface area contributed by atoms with Crippen molar-refractivity contribution < 1.29 is 14.2 Å². The molecule has 3 amide bonds. The minimum atomic E-state index is -0.609. The molecule has 0 aromatic heterocycles. The normalized spacial score (nSPS) is 19.8. The van der Waals surface area contributed by atoms with Gasteiger partial charge in [-0.1, -0.05) is 42.1 Å². The fraction of sp³-hybridized carbons (Fsp3) is 0.444. The van der Waals surface area contributed by atoms with E-state index in [0.717, 1.165) is 29.8 Å². The Bertz CT molecular complexity index is 787. The summed E-state index contributed by atoms with van der Waals surface area (Å²) >= 11 is 5.97. The van der Waals surface area contributed by atoms with E-state index in [-0.39, 0.29) is 11.9 Å². The number of imide groups is 1. The number of nitrogens with one attached hydrogen (secondary N) is 1. The van der Waals surface area contributed by atoms with Crippen LogP contribution in [-0.4, -0.2) is 64.8 Å². The molecule has 1 aromatic rings. The van der Waals surface area contributed by atoms with Gasteiger partial charge in [0.2, 0.25) is 11.9 Å². The minimum Gasteiger partial charge on any atom is -0.275 e. The highest BCUT2D eigenvalue weighted by Gasteiger charge is 2.51. The average Bonchev–Trinajstić information content (AvgIpc) is 2.99. The van der Waals surface area contributed by atoms with Gasteiger partial charge >= 0.3 is 12.0 Å². The number of rotatable bonds is 5. The van der Waals surface area contributed by atoms with E-state index in [1.165, 1.54) is 11.9 Å². The molecular formula is C18H23ClN5O2+. The quantitative estimate of drug-likeness (QED) is 0.630. The molecule has 138 valence electrons. The molecule has 7 nitrogen and oxygen atoms in total. The highest BCUT2D eigenvalue weighted by Crippen LogP contribution is 2.20. The Morgan fingerprint density at radius 1 is 1.19 bits per heavy atom. The van der Waals surface area contributed by atoms with Gasteiger partial charge in [-0.25, -0.2) is 9.37 Å². The Morgan fingerprint density at radius 2 is 1.88 bits per heavy atom. The lowest BCUT2D eigenvalue weighted by molar-refractivity contribution is -0.553. The Morgan fingerprint density at radius 3 is 2.54 bits per heavy atom. The number of unbranched alkanes of at least 4 members (excludes halogenated alkanes) is 1. The Hall–Kier alpha value is -2.41. The number of hydrogen-bond acceptors (Lipinski definition) is 4. The van der Waals surface area contributed by atoms with Crippen molar-refractivity contribution in [2.75, 3.05) is 20.6 Å². The van der Waals surface area contributed by atoms with Crippen molar-refractivity contribution in [3.63, 3.8) is 0 Å². The zero-order valence-corrected chi connectivity index (χ0v) is 16.0. The molecule has 1 atom stereocenters. The van der Waals surface area contributed by atoms with E-state index in [2.05, 4.69) is 17.2 Å². The van der Waals surface area contributed by atoms with Gasteiger partial charge in [0.15, 0.2) is 0 Å². The van der Waals surface area contributed by atoms with Crippen LogP contribution < -0.4 is 5.32 Å². The molecule has 8 heteroatoms. The molecule has 2 aliphatic rings. The maximum Gasteiger partial charge on any atom is 0.390 e. The number of amidine groups is 1. The fourth-order valence-corrected chi connectivity index (χ4v) is 3.20. The summed E-state index contributed by atoms with van der Waals surface area (Å²) in [5.41, 5.74) is 1.01. The van der Waals surface area contributed by atoms with Crippen molar-refractivity contribution >= 4 is 35.3 Å². The topological polar surface area (TPSA) is 68.0 Å². The van der Waals surface area contributed by atoms with Crippen LogP contribution in [0.2, 0.25) is 5.02 Å². The van der Waals surface area contributed by atoms with Crippen LogP contribution in [0, 0.1) is 0 Å². The van der Waals surface area contributed by atoms with Gasteiger partial charge in [0, 0.05) is 19.1 Å². The molecule has 1 unspecified atom stereocenters. The Balaban J connectivity index is 1.95. The second-order valence-corrected chi connectivity index (χ2v) is 6.91. The van der Waals surface area contributed by atoms with Crippen molar-refractivity contribution in [2.24, 2.45) is 4.99 Å². The smallest absolute Gasteiger partial charge is 0.275 e.